The van der Waals surface area contributed by atoms with Gasteiger partial charge in [-0.25, -0.2) is 4.98 Å². The molecule has 0 spiro atoms. The van der Waals surface area contributed by atoms with Crippen molar-refractivity contribution < 1.29 is 0 Å². The van der Waals surface area contributed by atoms with Gasteiger partial charge in [-0.1, -0.05) is 31.4 Å². The van der Waals surface area contributed by atoms with Gasteiger partial charge in [-0.15, -0.1) is 0 Å². The van der Waals surface area contributed by atoms with Crippen molar-refractivity contribution in [2.75, 3.05) is 23.7 Å². The summed E-state index contributed by atoms with van der Waals surface area (Å²) in [5, 5.41) is 8.60. The van der Waals surface area contributed by atoms with Crippen LogP contribution in [-0.4, -0.2) is 29.1 Å². The molecule has 0 aliphatic heterocycles. The van der Waals surface area contributed by atoms with E-state index in [1.165, 1.54) is 63.4 Å². The molecule has 1 heterocycles. The second kappa shape index (κ2) is 8.47. The van der Waals surface area contributed by atoms with Crippen molar-refractivity contribution >= 4 is 22.7 Å². The van der Waals surface area contributed by atoms with Gasteiger partial charge in [0.25, 0.3) is 0 Å². The molecule has 156 valence electrons. The van der Waals surface area contributed by atoms with Crippen LogP contribution in [0.2, 0.25) is 0 Å². The average molecular weight is 394 g/mol. The maximum absolute atomic E-state index is 5.89. The van der Waals surface area contributed by atoms with Crippen LogP contribution in [0, 0.1) is 17.8 Å². The predicted octanol–water partition coefficient (Wildman–Crippen LogP) is 4.72. The van der Waals surface area contributed by atoms with Crippen molar-refractivity contribution in [1.82, 2.24) is 9.97 Å². The highest BCUT2D eigenvalue weighted by Crippen LogP contribution is 2.46. The number of nitrogens with two attached hydrogens (primary N) is 1. The molecule has 0 unspecified atom stereocenters. The minimum absolute atomic E-state index is 0.581. The Hall–Kier alpha value is -1.88. The molecule has 5 nitrogen and oxygen atoms in total. The van der Waals surface area contributed by atoms with E-state index in [9.17, 15) is 0 Å². The molecule has 0 radical (unpaired) electrons. The Morgan fingerprint density at radius 1 is 0.966 bits per heavy atom. The number of rotatable bonds is 9. The molecular weight excluding hydrogens is 358 g/mol. The Kier molecular flexibility index (Phi) is 5.58. The second-order valence-electron chi connectivity index (χ2n) is 9.48. The molecule has 1 aromatic heterocycles. The van der Waals surface area contributed by atoms with E-state index >= 15 is 0 Å². The van der Waals surface area contributed by atoms with Gasteiger partial charge in [0.1, 0.15) is 5.82 Å². The topological polar surface area (TPSA) is 75.9 Å². The molecule has 0 amide bonds. The highest BCUT2D eigenvalue weighted by atomic mass is 15.2. The molecule has 3 saturated carbocycles. The largest absolute Gasteiger partial charge is 0.366 e. The van der Waals surface area contributed by atoms with E-state index in [4.69, 9.17) is 15.7 Å². The van der Waals surface area contributed by atoms with E-state index in [1.807, 2.05) is 0 Å². The van der Waals surface area contributed by atoms with Crippen LogP contribution in [-0.2, 0) is 6.42 Å². The van der Waals surface area contributed by atoms with Gasteiger partial charge in [0.05, 0.1) is 5.52 Å². The number of fused-ring (bicyclic) bond motifs is 1. The lowest BCUT2D eigenvalue weighted by molar-refractivity contribution is 0.373. The van der Waals surface area contributed by atoms with Crippen LogP contribution < -0.4 is 16.4 Å². The highest BCUT2D eigenvalue weighted by Gasteiger charge is 2.41. The number of nitrogens with one attached hydrogen (secondary N) is 2. The Labute approximate surface area is 174 Å². The maximum atomic E-state index is 5.89. The van der Waals surface area contributed by atoms with Crippen molar-refractivity contribution in [3.8, 4) is 0 Å². The van der Waals surface area contributed by atoms with Crippen LogP contribution in [0.3, 0.4) is 0 Å². The minimum Gasteiger partial charge on any atom is -0.366 e. The Morgan fingerprint density at radius 2 is 1.72 bits per heavy atom. The van der Waals surface area contributed by atoms with Crippen molar-refractivity contribution in [2.24, 2.45) is 23.5 Å². The Bertz CT molecular complexity index is 825. The summed E-state index contributed by atoms with van der Waals surface area (Å²) in [6.07, 6.45) is 13.1. The first kappa shape index (κ1) is 19.1. The predicted molar refractivity (Wildman–Crippen MR) is 120 cm³/mol. The third-order valence-electron chi connectivity index (χ3n) is 7.06. The molecule has 4 N–H and O–H groups in total. The molecule has 3 fully saturated rings. The standard InChI is InChI=1S/C24H35N5/c25-14-13-17-7-4-8-20-22(17)28-24(26-15-16-5-2-1-3-6-16)29-23(20)27-21(18-9-10-18)19-11-12-19/h4,7-8,16,18-19,21H,1-3,5-6,9-15,25H2,(H2,26,27,28,29). The Balaban J connectivity index is 1.44. The van der Waals surface area contributed by atoms with E-state index in [-0.39, 0.29) is 0 Å². The highest BCUT2D eigenvalue weighted by molar-refractivity contribution is 5.92. The normalized spacial score (nSPS) is 20.3. The van der Waals surface area contributed by atoms with Crippen LogP contribution in [0.4, 0.5) is 11.8 Å². The van der Waals surface area contributed by atoms with Crippen LogP contribution >= 0.6 is 0 Å². The number of hydrogen-bond donors (Lipinski definition) is 3. The molecule has 0 saturated heterocycles. The summed E-state index contributed by atoms with van der Waals surface area (Å²) in [6, 6.07) is 7.04. The van der Waals surface area contributed by atoms with Gasteiger partial charge in [0.15, 0.2) is 0 Å². The van der Waals surface area contributed by atoms with Crippen LogP contribution in [0.5, 0.6) is 0 Å². The first-order valence-electron chi connectivity index (χ1n) is 11.8. The minimum atomic E-state index is 0.581. The molecule has 5 heteroatoms. The zero-order valence-electron chi connectivity index (χ0n) is 17.5. The fourth-order valence-electron chi connectivity index (χ4n) is 5.07. The van der Waals surface area contributed by atoms with Crippen molar-refractivity contribution in [3.05, 3.63) is 23.8 Å². The van der Waals surface area contributed by atoms with Gasteiger partial charge >= 0.3 is 0 Å². The van der Waals surface area contributed by atoms with E-state index in [0.29, 0.717) is 12.6 Å². The van der Waals surface area contributed by atoms with Crippen LogP contribution in [0.25, 0.3) is 10.9 Å². The molecule has 3 aliphatic rings. The maximum Gasteiger partial charge on any atom is 0.225 e. The fourth-order valence-corrected chi connectivity index (χ4v) is 5.07. The number of para-hydroxylation sites is 1. The van der Waals surface area contributed by atoms with Crippen LogP contribution in [0.15, 0.2) is 18.2 Å². The first-order chi connectivity index (χ1) is 14.3. The fraction of sp³-hybridized carbons (Fsp3) is 0.667. The lowest BCUT2D eigenvalue weighted by Gasteiger charge is -2.23. The summed E-state index contributed by atoms with van der Waals surface area (Å²) >= 11 is 0. The lowest BCUT2D eigenvalue weighted by Crippen LogP contribution is -2.25. The van der Waals surface area contributed by atoms with Gasteiger partial charge in [-0.05, 0) is 80.9 Å². The molecule has 2 aromatic rings. The smallest absolute Gasteiger partial charge is 0.225 e. The van der Waals surface area contributed by atoms with E-state index in [0.717, 1.165) is 53.4 Å². The quantitative estimate of drug-likeness (QED) is 0.574. The van der Waals surface area contributed by atoms with Gasteiger partial charge < -0.3 is 16.4 Å². The number of nitrogens with zero attached hydrogens (tertiary/aromatic N) is 2. The molecule has 5 rings (SSSR count). The zero-order valence-corrected chi connectivity index (χ0v) is 17.5. The van der Waals surface area contributed by atoms with Gasteiger partial charge in [0, 0.05) is 18.0 Å². The molecule has 1 aromatic carbocycles. The number of anilines is 2. The average Bonchev–Trinajstić information content (AvgIpc) is 3.65. The monoisotopic (exact) mass is 393 g/mol. The van der Waals surface area contributed by atoms with Gasteiger partial charge in [-0.3, -0.25) is 0 Å². The molecule has 3 aliphatic carbocycles. The summed E-state index contributed by atoms with van der Waals surface area (Å²) in [5.74, 6) is 4.21. The van der Waals surface area contributed by atoms with E-state index < -0.39 is 0 Å². The van der Waals surface area contributed by atoms with Crippen LogP contribution in [0.1, 0.15) is 63.4 Å². The van der Waals surface area contributed by atoms with Crippen molar-refractivity contribution in [3.63, 3.8) is 0 Å². The summed E-state index contributed by atoms with van der Waals surface area (Å²) in [4.78, 5) is 9.93. The number of aromatic nitrogens is 2. The zero-order chi connectivity index (χ0) is 19.6. The molecule has 29 heavy (non-hydrogen) atoms. The lowest BCUT2D eigenvalue weighted by atomic mass is 9.89. The summed E-state index contributed by atoms with van der Waals surface area (Å²) in [7, 11) is 0. The number of hydrogen-bond acceptors (Lipinski definition) is 5. The third-order valence-corrected chi connectivity index (χ3v) is 7.06. The molecule has 0 bridgehead atoms. The Morgan fingerprint density at radius 3 is 2.41 bits per heavy atom. The second-order valence-corrected chi connectivity index (χ2v) is 9.48. The van der Waals surface area contributed by atoms with E-state index in [2.05, 4.69) is 28.8 Å². The van der Waals surface area contributed by atoms with Crippen molar-refractivity contribution in [1.29, 1.82) is 0 Å². The molecule has 0 atom stereocenters. The van der Waals surface area contributed by atoms with Gasteiger partial charge in [0.2, 0.25) is 5.95 Å². The van der Waals surface area contributed by atoms with Gasteiger partial charge in [-0.2, -0.15) is 4.98 Å². The summed E-state index contributed by atoms with van der Waals surface area (Å²) in [5.41, 5.74) is 8.18. The van der Waals surface area contributed by atoms with E-state index in [1.54, 1.807) is 0 Å². The van der Waals surface area contributed by atoms with Crippen molar-refractivity contribution in [2.45, 2.75) is 70.3 Å². The summed E-state index contributed by atoms with van der Waals surface area (Å²) < 4.78 is 0. The SMILES string of the molecule is NCCc1cccc2c(NC(C3CC3)C3CC3)nc(NCC3CCCCC3)nc12. The summed E-state index contributed by atoms with van der Waals surface area (Å²) in [6.45, 7) is 1.63. The number of benzene rings is 1. The molecular formula is C24H35N5. The first-order valence-corrected chi connectivity index (χ1v) is 11.8. The third kappa shape index (κ3) is 4.50.